The number of carbonyl (C=O) groups is 1. The van der Waals surface area contributed by atoms with Crippen LogP contribution >= 0.6 is 11.8 Å². The molecule has 0 fully saturated rings. The molecule has 1 atom stereocenters. The first kappa shape index (κ1) is 16.4. The molecule has 1 N–H and O–H groups in total. The van der Waals surface area contributed by atoms with E-state index < -0.39 is 6.10 Å². The molecule has 0 aromatic heterocycles. The Labute approximate surface area is 136 Å². The summed E-state index contributed by atoms with van der Waals surface area (Å²) in [7, 11) is 0. The maximum absolute atomic E-state index is 12.1. The third kappa shape index (κ3) is 5.45. The molecule has 0 bridgehead atoms. The predicted octanol–water partition coefficient (Wildman–Crippen LogP) is 3.75. The summed E-state index contributed by atoms with van der Waals surface area (Å²) in [5.74, 6) is 1.51. The monoisotopic (exact) mass is 315 g/mol. The minimum atomic E-state index is -0.441. The Balaban J connectivity index is 1.73. The van der Waals surface area contributed by atoms with Crippen molar-refractivity contribution in [3.05, 3.63) is 60.7 Å². The molecule has 2 rings (SSSR count). The van der Waals surface area contributed by atoms with E-state index in [0.29, 0.717) is 13.0 Å². The standard InChI is InChI=1S/C18H21NO2S/c1-2-17(21-15-9-5-3-6-10-15)18(20)19-13-14-22-16-11-7-4-8-12-16/h3-12,17H,2,13-14H2,1H3,(H,19,20)/t17-/m1/s1. The number of rotatable bonds is 8. The van der Waals surface area contributed by atoms with Crippen LogP contribution in [0.5, 0.6) is 5.75 Å². The van der Waals surface area contributed by atoms with Gasteiger partial charge in [0.1, 0.15) is 5.75 Å². The molecule has 0 aliphatic heterocycles. The summed E-state index contributed by atoms with van der Waals surface area (Å²) in [5.41, 5.74) is 0. The summed E-state index contributed by atoms with van der Waals surface area (Å²) in [4.78, 5) is 13.4. The molecule has 2 aromatic carbocycles. The molecule has 0 radical (unpaired) electrons. The Morgan fingerprint density at radius 3 is 2.36 bits per heavy atom. The van der Waals surface area contributed by atoms with Crippen molar-refractivity contribution in [1.82, 2.24) is 5.32 Å². The predicted molar refractivity (Wildman–Crippen MR) is 91.3 cm³/mol. The van der Waals surface area contributed by atoms with Crippen molar-refractivity contribution in [3.8, 4) is 5.75 Å². The molecule has 2 aromatic rings. The number of hydrogen-bond donors (Lipinski definition) is 1. The van der Waals surface area contributed by atoms with Crippen LogP contribution in [0.15, 0.2) is 65.6 Å². The quantitative estimate of drug-likeness (QED) is 0.595. The molecule has 0 saturated carbocycles. The van der Waals surface area contributed by atoms with Crippen LogP contribution in [-0.4, -0.2) is 24.3 Å². The Bertz CT molecular complexity index is 560. The first-order valence-corrected chi connectivity index (χ1v) is 8.45. The number of thioether (sulfide) groups is 1. The first-order chi connectivity index (χ1) is 10.8. The minimum absolute atomic E-state index is 0.0555. The third-order valence-electron chi connectivity index (χ3n) is 3.10. The number of para-hydroxylation sites is 1. The molecule has 0 heterocycles. The van der Waals surface area contributed by atoms with E-state index in [1.54, 1.807) is 11.8 Å². The average Bonchev–Trinajstić information content (AvgIpc) is 2.58. The van der Waals surface area contributed by atoms with E-state index in [0.717, 1.165) is 11.5 Å². The lowest BCUT2D eigenvalue weighted by molar-refractivity contribution is -0.127. The zero-order chi connectivity index (χ0) is 15.6. The van der Waals surface area contributed by atoms with Gasteiger partial charge in [-0.25, -0.2) is 0 Å². The van der Waals surface area contributed by atoms with Gasteiger partial charge in [0.05, 0.1) is 0 Å². The lowest BCUT2D eigenvalue weighted by Gasteiger charge is -2.17. The van der Waals surface area contributed by atoms with E-state index in [1.807, 2.05) is 55.5 Å². The highest BCUT2D eigenvalue weighted by atomic mass is 32.2. The van der Waals surface area contributed by atoms with Gasteiger partial charge in [-0.05, 0) is 30.7 Å². The molecular weight excluding hydrogens is 294 g/mol. The van der Waals surface area contributed by atoms with Crippen LogP contribution in [0.2, 0.25) is 0 Å². The second kappa shape index (κ2) is 9.15. The van der Waals surface area contributed by atoms with E-state index >= 15 is 0 Å². The lowest BCUT2D eigenvalue weighted by Crippen LogP contribution is -2.39. The Morgan fingerprint density at radius 2 is 1.73 bits per heavy atom. The van der Waals surface area contributed by atoms with Crippen LogP contribution in [0.1, 0.15) is 13.3 Å². The zero-order valence-corrected chi connectivity index (χ0v) is 13.5. The zero-order valence-electron chi connectivity index (χ0n) is 12.7. The van der Waals surface area contributed by atoms with Crippen LogP contribution in [-0.2, 0) is 4.79 Å². The number of hydrogen-bond acceptors (Lipinski definition) is 3. The van der Waals surface area contributed by atoms with Gasteiger partial charge < -0.3 is 10.1 Å². The molecule has 1 amide bonds. The van der Waals surface area contributed by atoms with Crippen molar-refractivity contribution in [2.75, 3.05) is 12.3 Å². The SMILES string of the molecule is CC[C@@H](Oc1ccccc1)C(=O)NCCSc1ccccc1. The average molecular weight is 315 g/mol. The molecule has 0 saturated heterocycles. The third-order valence-corrected chi connectivity index (χ3v) is 4.11. The van der Waals surface area contributed by atoms with Gasteiger partial charge in [0.2, 0.25) is 0 Å². The fraction of sp³-hybridized carbons (Fsp3) is 0.278. The van der Waals surface area contributed by atoms with E-state index in [9.17, 15) is 4.79 Å². The van der Waals surface area contributed by atoms with Crippen molar-refractivity contribution < 1.29 is 9.53 Å². The fourth-order valence-corrected chi connectivity index (χ4v) is 2.75. The van der Waals surface area contributed by atoms with Gasteiger partial charge in [0, 0.05) is 17.2 Å². The topological polar surface area (TPSA) is 38.3 Å². The number of ether oxygens (including phenoxy) is 1. The van der Waals surface area contributed by atoms with Crippen molar-refractivity contribution in [2.45, 2.75) is 24.3 Å². The molecule has 0 aliphatic rings. The number of carbonyl (C=O) groups excluding carboxylic acids is 1. The van der Waals surface area contributed by atoms with Crippen molar-refractivity contribution in [1.29, 1.82) is 0 Å². The number of nitrogens with one attached hydrogen (secondary N) is 1. The van der Waals surface area contributed by atoms with Crippen molar-refractivity contribution in [3.63, 3.8) is 0 Å². The van der Waals surface area contributed by atoms with E-state index in [1.165, 1.54) is 4.90 Å². The van der Waals surface area contributed by atoms with E-state index in [-0.39, 0.29) is 5.91 Å². The van der Waals surface area contributed by atoms with Crippen LogP contribution in [0.4, 0.5) is 0 Å². The van der Waals surface area contributed by atoms with Gasteiger partial charge in [-0.2, -0.15) is 0 Å². The first-order valence-electron chi connectivity index (χ1n) is 7.47. The highest BCUT2D eigenvalue weighted by Crippen LogP contribution is 2.16. The van der Waals surface area contributed by atoms with Gasteiger partial charge in [-0.1, -0.05) is 43.3 Å². The molecular formula is C18H21NO2S. The summed E-state index contributed by atoms with van der Waals surface area (Å²) in [6.45, 7) is 2.58. The maximum atomic E-state index is 12.1. The molecule has 116 valence electrons. The molecule has 0 spiro atoms. The Morgan fingerprint density at radius 1 is 1.09 bits per heavy atom. The van der Waals surface area contributed by atoms with Gasteiger partial charge >= 0.3 is 0 Å². The summed E-state index contributed by atoms with van der Waals surface area (Å²) in [6.07, 6.45) is 0.205. The van der Waals surface area contributed by atoms with Crippen LogP contribution in [0, 0.1) is 0 Å². The normalized spacial score (nSPS) is 11.7. The number of benzene rings is 2. The largest absolute Gasteiger partial charge is 0.481 e. The second-order valence-electron chi connectivity index (χ2n) is 4.78. The molecule has 0 aliphatic carbocycles. The minimum Gasteiger partial charge on any atom is -0.481 e. The second-order valence-corrected chi connectivity index (χ2v) is 5.95. The van der Waals surface area contributed by atoms with Crippen LogP contribution in [0.25, 0.3) is 0 Å². The fourth-order valence-electron chi connectivity index (χ4n) is 1.96. The van der Waals surface area contributed by atoms with E-state index in [4.69, 9.17) is 4.74 Å². The lowest BCUT2D eigenvalue weighted by atomic mass is 10.2. The van der Waals surface area contributed by atoms with Gasteiger partial charge in [-0.15, -0.1) is 11.8 Å². The molecule has 3 nitrogen and oxygen atoms in total. The van der Waals surface area contributed by atoms with Gasteiger partial charge in [0.25, 0.3) is 5.91 Å². The van der Waals surface area contributed by atoms with Crippen LogP contribution in [0.3, 0.4) is 0 Å². The number of amides is 1. The van der Waals surface area contributed by atoms with Crippen molar-refractivity contribution in [2.24, 2.45) is 0 Å². The highest BCUT2D eigenvalue weighted by molar-refractivity contribution is 7.99. The van der Waals surface area contributed by atoms with E-state index in [2.05, 4.69) is 17.4 Å². The summed E-state index contributed by atoms with van der Waals surface area (Å²) in [6, 6.07) is 19.6. The molecule has 0 unspecified atom stereocenters. The Kier molecular flexibility index (Phi) is 6.84. The maximum Gasteiger partial charge on any atom is 0.261 e. The smallest absolute Gasteiger partial charge is 0.261 e. The summed E-state index contributed by atoms with van der Waals surface area (Å²) >= 11 is 1.73. The molecule has 4 heteroatoms. The summed E-state index contributed by atoms with van der Waals surface area (Å²) in [5, 5.41) is 2.94. The summed E-state index contributed by atoms with van der Waals surface area (Å²) < 4.78 is 5.72. The van der Waals surface area contributed by atoms with Crippen LogP contribution < -0.4 is 10.1 Å². The highest BCUT2D eigenvalue weighted by Gasteiger charge is 2.17. The molecule has 22 heavy (non-hydrogen) atoms. The van der Waals surface area contributed by atoms with Gasteiger partial charge in [0.15, 0.2) is 6.10 Å². The Hall–Kier alpha value is -1.94. The van der Waals surface area contributed by atoms with Crippen molar-refractivity contribution >= 4 is 17.7 Å². The van der Waals surface area contributed by atoms with Gasteiger partial charge in [-0.3, -0.25) is 4.79 Å².